The molecule has 9 heteroatoms. The summed E-state index contributed by atoms with van der Waals surface area (Å²) in [5.74, 6) is -0.176. The third-order valence-corrected chi connectivity index (χ3v) is 8.23. The van der Waals surface area contributed by atoms with Crippen LogP contribution in [0.4, 0.5) is 0 Å². The third-order valence-electron chi connectivity index (χ3n) is 5.46. The molecule has 7 nitrogen and oxygen atoms in total. The van der Waals surface area contributed by atoms with E-state index < -0.39 is 16.1 Å². The molecule has 0 aliphatic carbocycles. The first-order valence-electron chi connectivity index (χ1n) is 9.67. The fourth-order valence-corrected chi connectivity index (χ4v) is 6.03. The lowest BCUT2D eigenvalue weighted by Crippen LogP contribution is -2.55. The molecule has 0 saturated carbocycles. The van der Waals surface area contributed by atoms with Crippen molar-refractivity contribution in [1.29, 1.82) is 0 Å². The molecule has 1 aromatic carbocycles. The van der Waals surface area contributed by atoms with Crippen LogP contribution in [0.1, 0.15) is 22.5 Å². The Balaban J connectivity index is 1.41. The van der Waals surface area contributed by atoms with E-state index in [0.717, 1.165) is 6.42 Å². The smallest absolute Gasteiger partial charge is 0.264 e. The van der Waals surface area contributed by atoms with E-state index in [1.165, 1.54) is 15.6 Å². The van der Waals surface area contributed by atoms with Crippen molar-refractivity contribution in [3.8, 4) is 0 Å². The molecule has 2 aliphatic heterocycles. The molecule has 3 heterocycles. The predicted octanol–water partition coefficient (Wildman–Crippen LogP) is 1.89. The third kappa shape index (κ3) is 3.94. The highest BCUT2D eigenvalue weighted by Gasteiger charge is 2.39. The maximum Gasteiger partial charge on any atom is 0.264 e. The SMILES string of the molecule is O=C([C@H]1CCCN1C(=O)c1cccs1)N1CCN(S(=O)(=O)c2ccccc2)CC1. The predicted molar refractivity (Wildman–Crippen MR) is 110 cm³/mol. The largest absolute Gasteiger partial charge is 0.338 e. The first kappa shape index (κ1) is 20.1. The van der Waals surface area contributed by atoms with Crippen molar-refractivity contribution in [1.82, 2.24) is 14.1 Å². The van der Waals surface area contributed by atoms with Gasteiger partial charge in [0.05, 0.1) is 9.77 Å². The van der Waals surface area contributed by atoms with Crippen LogP contribution in [0.15, 0.2) is 52.7 Å². The number of hydrogen-bond donors (Lipinski definition) is 0. The normalized spacial score (nSPS) is 20.8. The van der Waals surface area contributed by atoms with Crippen LogP contribution in [0.3, 0.4) is 0 Å². The number of sulfonamides is 1. The van der Waals surface area contributed by atoms with Gasteiger partial charge in [0.25, 0.3) is 5.91 Å². The van der Waals surface area contributed by atoms with Crippen LogP contribution >= 0.6 is 11.3 Å². The fraction of sp³-hybridized carbons (Fsp3) is 0.400. The van der Waals surface area contributed by atoms with Crippen molar-refractivity contribution >= 4 is 33.2 Å². The molecule has 29 heavy (non-hydrogen) atoms. The topological polar surface area (TPSA) is 78.0 Å². The van der Waals surface area contributed by atoms with Gasteiger partial charge in [0.2, 0.25) is 15.9 Å². The van der Waals surface area contributed by atoms with E-state index in [2.05, 4.69) is 0 Å². The molecule has 1 atom stereocenters. The van der Waals surface area contributed by atoms with Gasteiger partial charge in [0.15, 0.2) is 0 Å². The molecule has 2 amide bonds. The Morgan fingerprint density at radius 1 is 0.931 bits per heavy atom. The number of hydrogen-bond acceptors (Lipinski definition) is 5. The second kappa shape index (κ2) is 8.25. The van der Waals surface area contributed by atoms with Gasteiger partial charge in [-0.15, -0.1) is 11.3 Å². The maximum atomic E-state index is 13.1. The standard InChI is InChI=1S/C20H23N3O4S2/c24-19(17-8-4-10-23(17)20(25)18-9-5-15-28-18)21-11-13-22(14-12-21)29(26,27)16-6-2-1-3-7-16/h1-3,5-7,9,15,17H,4,8,10-14H2/t17-/m1/s1. The van der Waals surface area contributed by atoms with E-state index in [9.17, 15) is 18.0 Å². The van der Waals surface area contributed by atoms with Crippen molar-refractivity contribution in [2.75, 3.05) is 32.7 Å². The summed E-state index contributed by atoms with van der Waals surface area (Å²) < 4.78 is 27.0. The van der Waals surface area contributed by atoms with Crippen LogP contribution in [0, 0.1) is 0 Å². The summed E-state index contributed by atoms with van der Waals surface area (Å²) in [6, 6.07) is 11.5. The molecule has 0 radical (unpaired) electrons. The summed E-state index contributed by atoms with van der Waals surface area (Å²) in [6.45, 7) is 1.77. The number of carbonyl (C=O) groups excluding carboxylic acids is 2. The molecular formula is C20H23N3O4S2. The van der Waals surface area contributed by atoms with Gasteiger partial charge in [-0.25, -0.2) is 8.42 Å². The second-order valence-electron chi connectivity index (χ2n) is 7.18. The minimum absolute atomic E-state index is 0.0795. The molecule has 0 unspecified atom stereocenters. The molecule has 0 N–H and O–H groups in total. The van der Waals surface area contributed by atoms with Crippen LogP contribution in [-0.4, -0.2) is 73.1 Å². The van der Waals surface area contributed by atoms with E-state index >= 15 is 0 Å². The van der Waals surface area contributed by atoms with Crippen LogP contribution < -0.4 is 0 Å². The number of likely N-dealkylation sites (tertiary alicyclic amines) is 1. The van der Waals surface area contributed by atoms with Crippen LogP contribution in [0.2, 0.25) is 0 Å². The van der Waals surface area contributed by atoms with E-state index in [4.69, 9.17) is 0 Å². The summed E-state index contributed by atoms with van der Waals surface area (Å²) in [4.78, 5) is 30.1. The number of nitrogens with zero attached hydrogens (tertiary/aromatic N) is 3. The van der Waals surface area contributed by atoms with Crippen molar-refractivity contribution in [3.63, 3.8) is 0 Å². The van der Waals surface area contributed by atoms with Crippen LogP contribution in [0.25, 0.3) is 0 Å². The minimum atomic E-state index is -3.55. The fourth-order valence-electron chi connectivity index (χ4n) is 3.91. The number of rotatable bonds is 4. The highest BCUT2D eigenvalue weighted by molar-refractivity contribution is 7.89. The number of benzene rings is 1. The van der Waals surface area contributed by atoms with Gasteiger partial charge in [-0.2, -0.15) is 4.31 Å². The van der Waals surface area contributed by atoms with Crippen molar-refractivity contribution in [2.24, 2.45) is 0 Å². The zero-order valence-electron chi connectivity index (χ0n) is 15.9. The lowest BCUT2D eigenvalue weighted by atomic mass is 10.1. The molecule has 0 spiro atoms. The summed E-state index contributed by atoms with van der Waals surface area (Å²) in [5.41, 5.74) is 0. The average molecular weight is 434 g/mol. The second-order valence-corrected chi connectivity index (χ2v) is 10.1. The number of amides is 2. The lowest BCUT2D eigenvalue weighted by molar-refractivity contribution is -0.136. The van der Waals surface area contributed by atoms with E-state index in [0.29, 0.717) is 30.9 Å². The quantitative estimate of drug-likeness (QED) is 0.738. The highest BCUT2D eigenvalue weighted by Crippen LogP contribution is 2.25. The van der Waals surface area contributed by atoms with Crippen molar-refractivity contribution in [2.45, 2.75) is 23.8 Å². The molecule has 4 rings (SSSR count). The van der Waals surface area contributed by atoms with Gasteiger partial charge in [-0.1, -0.05) is 24.3 Å². The van der Waals surface area contributed by atoms with E-state index in [1.807, 2.05) is 11.4 Å². The average Bonchev–Trinajstić information content (AvgIpc) is 3.46. The maximum absolute atomic E-state index is 13.1. The van der Waals surface area contributed by atoms with E-state index in [-0.39, 0.29) is 29.8 Å². The van der Waals surface area contributed by atoms with Crippen molar-refractivity contribution < 1.29 is 18.0 Å². The van der Waals surface area contributed by atoms with Gasteiger partial charge in [-0.3, -0.25) is 9.59 Å². The Kier molecular flexibility index (Phi) is 5.71. The lowest BCUT2D eigenvalue weighted by Gasteiger charge is -2.36. The molecule has 2 aliphatic rings. The van der Waals surface area contributed by atoms with Crippen LogP contribution in [0.5, 0.6) is 0 Å². The highest BCUT2D eigenvalue weighted by atomic mass is 32.2. The Morgan fingerprint density at radius 3 is 2.31 bits per heavy atom. The van der Waals surface area contributed by atoms with Gasteiger partial charge in [-0.05, 0) is 36.4 Å². The van der Waals surface area contributed by atoms with Gasteiger partial charge < -0.3 is 9.80 Å². The Bertz CT molecular complexity index is 968. The Labute approximate surface area is 174 Å². The number of thiophene rings is 1. The van der Waals surface area contributed by atoms with Crippen molar-refractivity contribution in [3.05, 3.63) is 52.7 Å². The Morgan fingerprint density at radius 2 is 1.66 bits per heavy atom. The van der Waals surface area contributed by atoms with Crippen LogP contribution in [-0.2, 0) is 14.8 Å². The molecule has 2 aromatic rings. The first-order valence-corrected chi connectivity index (χ1v) is 12.0. The summed E-state index contributed by atoms with van der Waals surface area (Å²) in [6.07, 6.45) is 1.45. The summed E-state index contributed by atoms with van der Waals surface area (Å²) in [5, 5.41) is 1.85. The zero-order chi connectivity index (χ0) is 20.4. The number of carbonyl (C=O) groups is 2. The minimum Gasteiger partial charge on any atom is -0.338 e. The summed E-state index contributed by atoms with van der Waals surface area (Å²) in [7, 11) is -3.55. The van der Waals surface area contributed by atoms with Gasteiger partial charge >= 0.3 is 0 Å². The molecule has 2 fully saturated rings. The first-order chi connectivity index (χ1) is 14.0. The zero-order valence-corrected chi connectivity index (χ0v) is 17.6. The van der Waals surface area contributed by atoms with Gasteiger partial charge in [0.1, 0.15) is 6.04 Å². The molecule has 154 valence electrons. The molecule has 1 aromatic heterocycles. The van der Waals surface area contributed by atoms with Gasteiger partial charge in [0, 0.05) is 32.7 Å². The van der Waals surface area contributed by atoms with E-state index in [1.54, 1.807) is 46.2 Å². The molecule has 0 bridgehead atoms. The number of piperazine rings is 1. The molecular weight excluding hydrogens is 410 g/mol. The molecule has 2 saturated heterocycles. The monoisotopic (exact) mass is 433 g/mol. The Hall–Kier alpha value is -2.23. The summed E-state index contributed by atoms with van der Waals surface area (Å²) >= 11 is 1.38.